The van der Waals surface area contributed by atoms with Crippen molar-refractivity contribution in [2.75, 3.05) is 5.73 Å². The van der Waals surface area contributed by atoms with Crippen LogP contribution in [0.1, 0.15) is 11.1 Å². The van der Waals surface area contributed by atoms with Crippen molar-refractivity contribution < 1.29 is 4.74 Å². The van der Waals surface area contributed by atoms with Crippen LogP contribution in [-0.2, 0) is 0 Å². The first-order chi connectivity index (χ1) is 9.11. The van der Waals surface area contributed by atoms with Crippen molar-refractivity contribution in [1.82, 2.24) is 15.0 Å². The third-order valence-corrected chi connectivity index (χ3v) is 3.04. The molecule has 3 aromatic rings. The second kappa shape index (κ2) is 4.28. The number of rotatable bonds is 2. The van der Waals surface area contributed by atoms with Gasteiger partial charge >= 0.3 is 0 Å². The van der Waals surface area contributed by atoms with Crippen molar-refractivity contribution in [3.8, 4) is 11.6 Å². The van der Waals surface area contributed by atoms with E-state index in [1.165, 1.54) is 11.1 Å². The van der Waals surface area contributed by atoms with Crippen LogP contribution in [0.25, 0.3) is 11.2 Å². The van der Waals surface area contributed by atoms with Crippen molar-refractivity contribution in [2.45, 2.75) is 13.8 Å². The van der Waals surface area contributed by atoms with E-state index >= 15 is 0 Å². The van der Waals surface area contributed by atoms with Crippen LogP contribution in [0.15, 0.2) is 30.3 Å². The van der Waals surface area contributed by atoms with Crippen LogP contribution in [0.2, 0.25) is 0 Å². The molecule has 0 spiro atoms. The maximum Gasteiger partial charge on any atom is 0.221 e. The molecule has 3 N–H and O–H groups in total. The number of anilines is 1. The smallest absolute Gasteiger partial charge is 0.221 e. The van der Waals surface area contributed by atoms with Gasteiger partial charge in [-0.2, -0.15) is 9.97 Å². The Hall–Kier alpha value is -2.56. The molecule has 1 aromatic carbocycles. The highest BCUT2D eigenvalue weighted by atomic mass is 16.5. The van der Waals surface area contributed by atoms with E-state index in [-0.39, 0.29) is 0 Å². The molecule has 0 radical (unpaired) electrons. The van der Waals surface area contributed by atoms with Crippen LogP contribution in [0.4, 0.5) is 5.95 Å². The van der Waals surface area contributed by atoms with Gasteiger partial charge in [-0.15, -0.1) is 0 Å². The highest BCUT2D eigenvalue weighted by molar-refractivity contribution is 5.73. The topological polar surface area (TPSA) is 76.8 Å². The summed E-state index contributed by atoms with van der Waals surface area (Å²) >= 11 is 0. The van der Waals surface area contributed by atoms with Crippen molar-refractivity contribution in [3.05, 3.63) is 41.5 Å². The van der Waals surface area contributed by atoms with Gasteiger partial charge in [-0.3, -0.25) is 0 Å². The van der Waals surface area contributed by atoms with E-state index < -0.39 is 0 Å². The summed E-state index contributed by atoms with van der Waals surface area (Å²) < 4.78 is 5.73. The molecule has 0 aliphatic carbocycles. The minimum atomic E-state index is 0.353. The van der Waals surface area contributed by atoms with Gasteiger partial charge < -0.3 is 15.5 Å². The highest BCUT2D eigenvalue weighted by Gasteiger charge is 2.05. The number of nitrogens with one attached hydrogen (secondary N) is 1. The fourth-order valence-electron chi connectivity index (χ4n) is 1.85. The summed E-state index contributed by atoms with van der Waals surface area (Å²) in [5.41, 5.74) is 9.35. The molecule has 2 heterocycles. The number of imidazole rings is 1. The number of aromatic nitrogens is 3. The summed E-state index contributed by atoms with van der Waals surface area (Å²) in [4.78, 5) is 11.3. The summed E-state index contributed by atoms with van der Waals surface area (Å²) in [5.74, 6) is 1.62. The van der Waals surface area contributed by atoms with Crippen LogP contribution in [0.3, 0.4) is 0 Å². The van der Waals surface area contributed by atoms with Gasteiger partial charge in [0.05, 0.1) is 5.52 Å². The molecule has 0 bridgehead atoms. The molecule has 0 unspecified atom stereocenters. The zero-order valence-corrected chi connectivity index (χ0v) is 10.8. The van der Waals surface area contributed by atoms with Gasteiger partial charge in [-0.05, 0) is 43.2 Å². The fourth-order valence-corrected chi connectivity index (χ4v) is 1.85. The van der Waals surface area contributed by atoms with Crippen molar-refractivity contribution >= 4 is 17.1 Å². The summed E-state index contributed by atoms with van der Waals surface area (Å²) in [6.45, 7) is 4.11. The third-order valence-electron chi connectivity index (χ3n) is 3.04. The van der Waals surface area contributed by atoms with Crippen LogP contribution in [0.5, 0.6) is 11.6 Å². The fraction of sp³-hybridized carbons (Fsp3) is 0.143. The lowest BCUT2D eigenvalue weighted by molar-refractivity contribution is 0.464. The number of H-pyrrole nitrogens is 1. The summed E-state index contributed by atoms with van der Waals surface area (Å²) in [6.07, 6.45) is 0. The summed E-state index contributed by atoms with van der Waals surface area (Å²) in [5, 5.41) is 0. The van der Waals surface area contributed by atoms with Crippen molar-refractivity contribution in [2.24, 2.45) is 0 Å². The molecule has 0 aliphatic heterocycles. The minimum Gasteiger partial charge on any atom is -0.439 e. The van der Waals surface area contributed by atoms with Gasteiger partial charge in [0.25, 0.3) is 0 Å². The number of aromatic amines is 1. The molecule has 0 saturated heterocycles. The van der Waals surface area contributed by atoms with E-state index in [0.29, 0.717) is 17.5 Å². The Morgan fingerprint density at radius 3 is 2.68 bits per heavy atom. The zero-order valence-electron chi connectivity index (χ0n) is 10.8. The largest absolute Gasteiger partial charge is 0.439 e. The second-order valence-corrected chi connectivity index (χ2v) is 4.49. The summed E-state index contributed by atoms with van der Waals surface area (Å²) in [7, 11) is 0. The Morgan fingerprint density at radius 2 is 1.89 bits per heavy atom. The number of fused-ring (bicyclic) bond motifs is 1. The number of hydrogen-bond acceptors (Lipinski definition) is 4. The SMILES string of the molecule is Cc1ccc(Oc2ccc3[nH]c(N)nc3n2)cc1C. The summed E-state index contributed by atoms with van der Waals surface area (Å²) in [6, 6.07) is 9.57. The maximum absolute atomic E-state index is 5.73. The lowest BCUT2D eigenvalue weighted by atomic mass is 10.1. The zero-order chi connectivity index (χ0) is 13.4. The van der Waals surface area contributed by atoms with E-state index in [1.54, 1.807) is 6.07 Å². The van der Waals surface area contributed by atoms with E-state index in [1.807, 2.05) is 31.2 Å². The Kier molecular flexibility index (Phi) is 2.59. The number of hydrogen-bond donors (Lipinski definition) is 2. The lowest BCUT2D eigenvalue weighted by Gasteiger charge is -2.06. The quantitative estimate of drug-likeness (QED) is 0.737. The standard InChI is InChI=1S/C14H14N4O/c1-8-3-4-10(7-9(8)2)19-12-6-5-11-13(17-12)18-14(15)16-11/h3-7H,1-2H3,(H3,15,16,17,18). The second-order valence-electron chi connectivity index (χ2n) is 4.49. The molecule has 0 aliphatic rings. The molecule has 5 heteroatoms. The first-order valence-corrected chi connectivity index (χ1v) is 5.99. The monoisotopic (exact) mass is 254 g/mol. The van der Waals surface area contributed by atoms with Gasteiger partial charge in [0.1, 0.15) is 5.75 Å². The third kappa shape index (κ3) is 2.22. The molecular formula is C14H14N4O. The number of benzene rings is 1. The Labute approximate surface area is 110 Å². The van der Waals surface area contributed by atoms with Crippen molar-refractivity contribution in [3.63, 3.8) is 0 Å². The molecular weight excluding hydrogens is 240 g/mol. The molecule has 5 nitrogen and oxygen atoms in total. The lowest BCUT2D eigenvalue weighted by Crippen LogP contribution is -1.90. The number of nitrogen functional groups attached to an aromatic ring is 1. The number of nitrogens with two attached hydrogens (primary N) is 1. The molecule has 2 aromatic heterocycles. The van der Waals surface area contributed by atoms with Crippen LogP contribution in [-0.4, -0.2) is 15.0 Å². The highest BCUT2D eigenvalue weighted by Crippen LogP contribution is 2.23. The molecule has 0 amide bonds. The number of ether oxygens (including phenoxy) is 1. The normalized spacial score (nSPS) is 10.8. The minimum absolute atomic E-state index is 0.353. The van der Waals surface area contributed by atoms with Crippen LogP contribution >= 0.6 is 0 Å². The van der Waals surface area contributed by atoms with E-state index in [0.717, 1.165) is 11.3 Å². The predicted molar refractivity (Wildman–Crippen MR) is 74.3 cm³/mol. The van der Waals surface area contributed by atoms with Crippen LogP contribution in [0, 0.1) is 13.8 Å². The molecule has 0 atom stereocenters. The first kappa shape index (κ1) is 11.5. The van der Waals surface area contributed by atoms with Crippen molar-refractivity contribution in [1.29, 1.82) is 0 Å². The average Bonchev–Trinajstić information content (AvgIpc) is 2.73. The van der Waals surface area contributed by atoms with E-state index in [9.17, 15) is 0 Å². The number of pyridine rings is 1. The molecule has 96 valence electrons. The first-order valence-electron chi connectivity index (χ1n) is 5.99. The van der Waals surface area contributed by atoms with E-state index in [4.69, 9.17) is 10.5 Å². The average molecular weight is 254 g/mol. The molecule has 19 heavy (non-hydrogen) atoms. The number of aryl methyl sites for hydroxylation is 2. The predicted octanol–water partition coefficient (Wildman–Crippen LogP) is 2.95. The van der Waals surface area contributed by atoms with Gasteiger partial charge in [0, 0.05) is 6.07 Å². The van der Waals surface area contributed by atoms with Crippen LogP contribution < -0.4 is 10.5 Å². The molecule has 0 saturated carbocycles. The number of nitrogens with zero attached hydrogens (tertiary/aromatic N) is 2. The Bertz CT molecular complexity index is 748. The van der Waals surface area contributed by atoms with E-state index in [2.05, 4.69) is 21.9 Å². The van der Waals surface area contributed by atoms with Gasteiger partial charge in [-0.25, -0.2) is 0 Å². The van der Waals surface area contributed by atoms with Gasteiger partial charge in [-0.1, -0.05) is 6.07 Å². The molecule has 3 rings (SSSR count). The van der Waals surface area contributed by atoms with Gasteiger partial charge in [0.2, 0.25) is 5.88 Å². The van der Waals surface area contributed by atoms with Gasteiger partial charge in [0.15, 0.2) is 11.6 Å². The maximum atomic E-state index is 5.73. The Balaban J connectivity index is 1.93. The molecule has 0 fully saturated rings. The Morgan fingerprint density at radius 1 is 1.05 bits per heavy atom.